The Hall–Kier alpha value is -3.96. The van der Waals surface area contributed by atoms with E-state index in [0.29, 0.717) is 0 Å². The number of carbonyl (C=O) groups excluding carboxylic acids is 2. The summed E-state index contributed by atoms with van der Waals surface area (Å²) >= 11 is 0. The van der Waals surface area contributed by atoms with Crippen molar-refractivity contribution in [2.75, 3.05) is 19.0 Å². The number of ether oxygens (including phenoxy) is 2. The summed E-state index contributed by atoms with van der Waals surface area (Å²) in [6.07, 6.45) is -3.44. The molecule has 0 fully saturated rings. The number of aromatic nitrogens is 2. The van der Waals surface area contributed by atoms with Crippen LogP contribution in [0.3, 0.4) is 0 Å². The zero-order valence-electron chi connectivity index (χ0n) is 17.0. The van der Waals surface area contributed by atoms with E-state index in [1.54, 1.807) is 0 Å². The van der Waals surface area contributed by atoms with E-state index in [0.717, 1.165) is 42.1 Å². The second-order valence-electron chi connectivity index (χ2n) is 6.63. The molecule has 0 bridgehead atoms. The topological polar surface area (TPSA) is 82.5 Å². The van der Waals surface area contributed by atoms with Crippen LogP contribution in [0.1, 0.15) is 21.5 Å². The van der Waals surface area contributed by atoms with Crippen LogP contribution >= 0.6 is 0 Å². The van der Waals surface area contributed by atoms with Crippen LogP contribution in [-0.4, -0.2) is 35.4 Å². The number of rotatable bonds is 7. The zero-order valence-corrected chi connectivity index (χ0v) is 17.0. The van der Waals surface area contributed by atoms with Gasteiger partial charge in [0.05, 0.1) is 19.2 Å². The molecule has 0 atom stereocenters. The average Bonchev–Trinajstić information content (AvgIpc) is 3.18. The molecule has 12 heteroatoms. The molecule has 1 aromatic heterocycles. The summed E-state index contributed by atoms with van der Waals surface area (Å²) in [5.41, 5.74) is -2.00. The highest BCUT2D eigenvalue weighted by Gasteiger charge is 2.34. The number of carbonyl (C=O) groups is 2. The molecule has 0 unspecified atom stereocenters. The van der Waals surface area contributed by atoms with Crippen molar-refractivity contribution >= 4 is 17.7 Å². The summed E-state index contributed by atoms with van der Waals surface area (Å²) in [6, 6.07) is 7.33. The quantitative estimate of drug-likeness (QED) is 0.417. The van der Waals surface area contributed by atoms with Gasteiger partial charge in [0.1, 0.15) is 22.9 Å². The molecule has 2 aromatic carbocycles. The fraction of sp³-hybridized carbons (Fsp3) is 0.190. The molecule has 0 radical (unpaired) electrons. The molecule has 33 heavy (non-hydrogen) atoms. The lowest BCUT2D eigenvalue weighted by molar-refractivity contribution is -0.142. The standard InChI is InChI=1S/C21H16F5N3O4/c1-32-18(30)11-33-13-6-5-12(14(9-13)21(24,25)26)10-29-8-7-17(28-29)27-20(31)19-15(22)3-2-4-16(19)23/h2-9H,10-11H2,1H3,(H,27,28,31). The number of halogens is 5. The van der Waals surface area contributed by atoms with E-state index in [2.05, 4.69) is 15.2 Å². The second-order valence-corrected chi connectivity index (χ2v) is 6.63. The van der Waals surface area contributed by atoms with E-state index in [-0.39, 0.29) is 23.7 Å². The molecule has 0 aliphatic carbocycles. The first-order chi connectivity index (χ1) is 15.6. The largest absolute Gasteiger partial charge is 0.482 e. The molecule has 1 heterocycles. The minimum Gasteiger partial charge on any atom is -0.482 e. The van der Waals surface area contributed by atoms with Crippen LogP contribution in [0, 0.1) is 11.6 Å². The van der Waals surface area contributed by atoms with Crippen LogP contribution in [-0.2, 0) is 22.3 Å². The number of methoxy groups -OCH3 is 1. The van der Waals surface area contributed by atoms with Crippen LogP contribution in [0.2, 0.25) is 0 Å². The summed E-state index contributed by atoms with van der Waals surface area (Å²) in [5.74, 6) is -4.30. The van der Waals surface area contributed by atoms with Crippen molar-refractivity contribution in [2.45, 2.75) is 12.7 Å². The third-order valence-corrected chi connectivity index (χ3v) is 4.38. The zero-order chi connectivity index (χ0) is 24.2. The monoisotopic (exact) mass is 469 g/mol. The molecule has 0 spiro atoms. The van der Waals surface area contributed by atoms with Crippen molar-refractivity contribution in [2.24, 2.45) is 0 Å². The van der Waals surface area contributed by atoms with Gasteiger partial charge in [-0.1, -0.05) is 12.1 Å². The minimum atomic E-state index is -4.73. The highest BCUT2D eigenvalue weighted by atomic mass is 19.4. The Morgan fingerprint density at radius 1 is 1.09 bits per heavy atom. The Balaban J connectivity index is 1.77. The molecule has 7 nitrogen and oxygen atoms in total. The van der Waals surface area contributed by atoms with Gasteiger partial charge in [-0.2, -0.15) is 18.3 Å². The Kier molecular flexibility index (Phi) is 6.95. The molecule has 0 saturated heterocycles. The molecular weight excluding hydrogens is 453 g/mol. The van der Waals surface area contributed by atoms with Gasteiger partial charge in [-0.25, -0.2) is 13.6 Å². The normalized spacial score (nSPS) is 11.2. The summed E-state index contributed by atoms with van der Waals surface area (Å²) in [6.45, 7) is -0.895. The number of benzene rings is 2. The minimum absolute atomic E-state index is 0.116. The first-order valence-electron chi connectivity index (χ1n) is 9.27. The van der Waals surface area contributed by atoms with Gasteiger partial charge in [-0.15, -0.1) is 0 Å². The highest BCUT2D eigenvalue weighted by Crippen LogP contribution is 2.35. The van der Waals surface area contributed by atoms with Crippen molar-refractivity contribution in [3.05, 3.63) is 77.0 Å². The van der Waals surface area contributed by atoms with Crippen LogP contribution in [0.5, 0.6) is 5.75 Å². The summed E-state index contributed by atoms with van der Waals surface area (Å²) < 4.78 is 78.5. The fourth-order valence-corrected chi connectivity index (χ4v) is 2.83. The highest BCUT2D eigenvalue weighted by molar-refractivity contribution is 6.04. The van der Waals surface area contributed by atoms with E-state index >= 15 is 0 Å². The number of hydrogen-bond acceptors (Lipinski definition) is 5. The van der Waals surface area contributed by atoms with E-state index in [4.69, 9.17) is 4.74 Å². The van der Waals surface area contributed by atoms with Gasteiger partial charge in [-0.3, -0.25) is 9.48 Å². The first-order valence-corrected chi connectivity index (χ1v) is 9.27. The van der Waals surface area contributed by atoms with Gasteiger partial charge < -0.3 is 14.8 Å². The summed E-state index contributed by atoms with van der Waals surface area (Å²) in [4.78, 5) is 23.3. The van der Waals surface area contributed by atoms with Crippen LogP contribution < -0.4 is 10.1 Å². The predicted molar refractivity (Wildman–Crippen MR) is 105 cm³/mol. The van der Waals surface area contributed by atoms with Crippen molar-refractivity contribution in [3.8, 4) is 5.75 Å². The SMILES string of the molecule is COC(=O)COc1ccc(Cn2ccc(NC(=O)c3c(F)cccc3F)n2)c(C(F)(F)F)c1. The van der Waals surface area contributed by atoms with Crippen molar-refractivity contribution in [3.63, 3.8) is 0 Å². The maximum atomic E-state index is 13.7. The average molecular weight is 469 g/mol. The second kappa shape index (κ2) is 9.67. The first kappa shape index (κ1) is 23.7. The number of nitrogens with one attached hydrogen (secondary N) is 1. The van der Waals surface area contributed by atoms with Gasteiger partial charge in [-0.05, 0) is 29.8 Å². The lowest BCUT2D eigenvalue weighted by Gasteiger charge is -2.15. The number of anilines is 1. The lowest BCUT2D eigenvalue weighted by atomic mass is 10.1. The van der Waals surface area contributed by atoms with Crippen molar-refractivity contribution < 1.29 is 41.0 Å². The molecule has 1 N–H and O–H groups in total. The molecule has 3 aromatic rings. The maximum Gasteiger partial charge on any atom is 0.416 e. The van der Waals surface area contributed by atoms with E-state index in [1.807, 2.05) is 0 Å². The third kappa shape index (κ3) is 5.84. The number of esters is 1. The Morgan fingerprint density at radius 3 is 2.42 bits per heavy atom. The molecule has 3 rings (SSSR count). The molecule has 174 valence electrons. The van der Waals surface area contributed by atoms with E-state index < -0.39 is 47.4 Å². The molecular formula is C21H16F5N3O4. The summed E-state index contributed by atoms with van der Waals surface area (Å²) in [5, 5.41) is 6.12. The predicted octanol–water partition coefficient (Wildman–Crippen LogP) is 4.03. The van der Waals surface area contributed by atoms with Crippen LogP contribution in [0.4, 0.5) is 27.8 Å². The maximum absolute atomic E-state index is 13.7. The molecule has 1 amide bonds. The van der Waals surface area contributed by atoms with Gasteiger partial charge in [0, 0.05) is 12.3 Å². The number of alkyl halides is 3. The lowest BCUT2D eigenvalue weighted by Crippen LogP contribution is -2.17. The number of hydrogen-bond donors (Lipinski definition) is 1. The Labute approximate surface area is 183 Å². The van der Waals surface area contributed by atoms with E-state index in [1.165, 1.54) is 18.3 Å². The summed E-state index contributed by atoms with van der Waals surface area (Å²) in [7, 11) is 1.11. The molecule has 0 saturated carbocycles. The van der Waals surface area contributed by atoms with Crippen molar-refractivity contribution in [1.82, 2.24) is 9.78 Å². The van der Waals surface area contributed by atoms with E-state index in [9.17, 15) is 31.5 Å². The molecule has 0 aliphatic rings. The van der Waals surface area contributed by atoms with Crippen LogP contribution in [0.25, 0.3) is 0 Å². The molecule has 0 aliphatic heterocycles. The van der Waals surface area contributed by atoms with Crippen molar-refractivity contribution in [1.29, 1.82) is 0 Å². The van der Waals surface area contributed by atoms with Gasteiger partial charge in [0.15, 0.2) is 12.4 Å². The fourth-order valence-electron chi connectivity index (χ4n) is 2.83. The Bertz CT molecular complexity index is 1160. The smallest absolute Gasteiger partial charge is 0.416 e. The number of nitrogens with zero attached hydrogens (tertiary/aromatic N) is 2. The Morgan fingerprint density at radius 2 is 1.79 bits per heavy atom. The third-order valence-electron chi connectivity index (χ3n) is 4.38. The van der Waals surface area contributed by atoms with Crippen LogP contribution in [0.15, 0.2) is 48.7 Å². The van der Waals surface area contributed by atoms with Gasteiger partial charge in [0.25, 0.3) is 5.91 Å². The number of amides is 1. The van der Waals surface area contributed by atoms with Gasteiger partial charge in [0.2, 0.25) is 0 Å². The van der Waals surface area contributed by atoms with Gasteiger partial charge >= 0.3 is 12.1 Å².